The molecule has 1 fully saturated rings. The summed E-state index contributed by atoms with van der Waals surface area (Å²) in [5.74, 6) is -0.113. The van der Waals surface area contributed by atoms with Gasteiger partial charge in [0.1, 0.15) is 5.82 Å². The van der Waals surface area contributed by atoms with Crippen LogP contribution in [0.25, 0.3) is 11.1 Å². The molecule has 0 saturated heterocycles. The van der Waals surface area contributed by atoms with Crippen molar-refractivity contribution >= 4 is 0 Å². The van der Waals surface area contributed by atoms with E-state index in [1.54, 1.807) is 6.07 Å². The maximum Gasteiger partial charge on any atom is 0.128 e. The lowest BCUT2D eigenvalue weighted by Gasteiger charge is -2.08. The molecule has 1 nitrogen and oxygen atoms in total. The molecule has 0 spiro atoms. The van der Waals surface area contributed by atoms with Crippen LogP contribution in [-0.4, -0.2) is 6.04 Å². The van der Waals surface area contributed by atoms with Crippen molar-refractivity contribution in [3.8, 4) is 11.1 Å². The van der Waals surface area contributed by atoms with Crippen LogP contribution in [-0.2, 0) is 13.0 Å². The van der Waals surface area contributed by atoms with E-state index in [0.717, 1.165) is 29.5 Å². The number of halogens is 1. The van der Waals surface area contributed by atoms with Crippen LogP contribution >= 0.6 is 0 Å². The molecule has 1 aliphatic rings. The molecule has 0 heterocycles. The van der Waals surface area contributed by atoms with Gasteiger partial charge in [-0.25, -0.2) is 4.39 Å². The second-order valence-corrected chi connectivity index (χ2v) is 5.91. The summed E-state index contributed by atoms with van der Waals surface area (Å²) in [4.78, 5) is 0. The lowest BCUT2D eigenvalue weighted by molar-refractivity contribution is 0.587. The van der Waals surface area contributed by atoms with Crippen molar-refractivity contribution in [2.45, 2.75) is 45.2 Å². The van der Waals surface area contributed by atoms with Gasteiger partial charge in [-0.3, -0.25) is 0 Å². The van der Waals surface area contributed by atoms with E-state index in [4.69, 9.17) is 0 Å². The van der Waals surface area contributed by atoms with Gasteiger partial charge in [-0.15, -0.1) is 0 Å². The van der Waals surface area contributed by atoms with Crippen LogP contribution in [0.2, 0.25) is 0 Å². The zero-order valence-electron chi connectivity index (χ0n) is 12.5. The summed E-state index contributed by atoms with van der Waals surface area (Å²) in [7, 11) is 0. The molecule has 1 N–H and O–H groups in total. The summed E-state index contributed by atoms with van der Waals surface area (Å²) < 4.78 is 14.2. The monoisotopic (exact) mass is 283 g/mol. The van der Waals surface area contributed by atoms with Crippen LogP contribution in [0.3, 0.4) is 0 Å². The standard InChI is InChI=1S/C19H22FN/c1-2-3-14-4-6-15(7-5-14)16-8-9-17(19(20)12-16)13-21-18-10-11-18/h4-9,12,18,21H,2-3,10-11,13H2,1H3. The fourth-order valence-electron chi connectivity index (χ4n) is 2.56. The maximum atomic E-state index is 14.2. The molecule has 0 atom stereocenters. The molecule has 2 aromatic carbocycles. The summed E-state index contributed by atoms with van der Waals surface area (Å²) in [6.07, 6.45) is 4.70. The number of hydrogen-bond donors (Lipinski definition) is 1. The van der Waals surface area contributed by atoms with Crippen LogP contribution in [0, 0.1) is 5.82 Å². The van der Waals surface area contributed by atoms with E-state index in [9.17, 15) is 4.39 Å². The number of nitrogens with one attached hydrogen (secondary N) is 1. The summed E-state index contributed by atoms with van der Waals surface area (Å²) in [6, 6.07) is 14.6. The van der Waals surface area contributed by atoms with Crippen LogP contribution in [0.15, 0.2) is 42.5 Å². The molecule has 2 heteroatoms. The third-order valence-corrected chi connectivity index (χ3v) is 4.04. The average Bonchev–Trinajstić information content (AvgIpc) is 3.31. The van der Waals surface area contributed by atoms with E-state index < -0.39 is 0 Å². The SMILES string of the molecule is CCCc1ccc(-c2ccc(CNC3CC3)c(F)c2)cc1. The number of rotatable bonds is 6. The first-order valence-electron chi connectivity index (χ1n) is 7.87. The van der Waals surface area contributed by atoms with E-state index in [1.807, 2.05) is 12.1 Å². The highest BCUT2D eigenvalue weighted by Crippen LogP contribution is 2.24. The van der Waals surface area contributed by atoms with Crippen LogP contribution in [0.4, 0.5) is 4.39 Å². The van der Waals surface area contributed by atoms with Gasteiger partial charge < -0.3 is 5.32 Å². The Balaban J connectivity index is 1.73. The summed E-state index contributed by atoms with van der Waals surface area (Å²) in [5.41, 5.74) is 4.13. The van der Waals surface area contributed by atoms with E-state index in [2.05, 4.69) is 36.5 Å². The quantitative estimate of drug-likeness (QED) is 0.810. The Morgan fingerprint density at radius 3 is 2.38 bits per heavy atom. The summed E-state index contributed by atoms with van der Waals surface area (Å²) >= 11 is 0. The highest BCUT2D eigenvalue weighted by Gasteiger charge is 2.20. The van der Waals surface area contributed by atoms with Gasteiger partial charge in [-0.2, -0.15) is 0 Å². The number of hydrogen-bond acceptors (Lipinski definition) is 1. The first-order valence-corrected chi connectivity index (χ1v) is 7.87. The molecule has 0 unspecified atom stereocenters. The molecule has 110 valence electrons. The van der Waals surface area contributed by atoms with Gasteiger partial charge >= 0.3 is 0 Å². The third-order valence-electron chi connectivity index (χ3n) is 4.04. The van der Waals surface area contributed by atoms with E-state index in [-0.39, 0.29) is 5.82 Å². The van der Waals surface area contributed by atoms with Crippen molar-refractivity contribution in [3.63, 3.8) is 0 Å². The van der Waals surface area contributed by atoms with Crippen LogP contribution < -0.4 is 5.32 Å². The maximum absolute atomic E-state index is 14.2. The van der Waals surface area contributed by atoms with Crippen LogP contribution in [0.1, 0.15) is 37.3 Å². The molecule has 1 aliphatic carbocycles. The van der Waals surface area contributed by atoms with E-state index in [1.165, 1.54) is 18.4 Å². The van der Waals surface area contributed by atoms with Crippen molar-refractivity contribution in [1.82, 2.24) is 5.32 Å². The molecule has 3 rings (SSSR count). The van der Waals surface area contributed by atoms with Crippen molar-refractivity contribution in [2.24, 2.45) is 0 Å². The Bertz CT molecular complexity index is 599. The Morgan fingerprint density at radius 1 is 1.05 bits per heavy atom. The van der Waals surface area contributed by atoms with Crippen molar-refractivity contribution in [3.05, 3.63) is 59.4 Å². The van der Waals surface area contributed by atoms with Gasteiger partial charge in [-0.1, -0.05) is 49.7 Å². The smallest absolute Gasteiger partial charge is 0.128 e. The lowest BCUT2D eigenvalue weighted by Crippen LogP contribution is -2.16. The minimum atomic E-state index is -0.113. The minimum absolute atomic E-state index is 0.113. The van der Waals surface area contributed by atoms with Gasteiger partial charge in [0.25, 0.3) is 0 Å². The zero-order valence-corrected chi connectivity index (χ0v) is 12.5. The molecular weight excluding hydrogens is 261 g/mol. The zero-order chi connectivity index (χ0) is 14.7. The lowest BCUT2D eigenvalue weighted by atomic mass is 10.0. The molecule has 2 aromatic rings. The molecule has 0 bridgehead atoms. The summed E-state index contributed by atoms with van der Waals surface area (Å²) in [5, 5.41) is 3.35. The highest BCUT2D eigenvalue weighted by atomic mass is 19.1. The van der Waals surface area contributed by atoms with Gasteiger partial charge in [0.05, 0.1) is 0 Å². The number of aryl methyl sites for hydroxylation is 1. The third kappa shape index (κ3) is 3.70. The second kappa shape index (κ2) is 6.40. The molecule has 0 aromatic heterocycles. The van der Waals surface area contributed by atoms with E-state index >= 15 is 0 Å². The van der Waals surface area contributed by atoms with E-state index in [0.29, 0.717) is 12.6 Å². The van der Waals surface area contributed by atoms with Gasteiger partial charge in [0.15, 0.2) is 0 Å². The second-order valence-electron chi connectivity index (χ2n) is 5.91. The van der Waals surface area contributed by atoms with Crippen molar-refractivity contribution in [1.29, 1.82) is 0 Å². The Kier molecular flexibility index (Phi) is 4.35. The molecule has 0 amide bonds. The highest BCUT2D eigenvalue weighted by molar-refractivity contribution is 5.64. The number of benzene rings is 2. The Labute approximate surface area is 126 Å². The first kappa shape index (κ1) is 14.3. The van der Waals surface area contributed by atoms with Crippen molar-refractivity contribution in [2.75, 3.05) is 0 Å². The van der Waals surface area contributed by atoms with Crippen molar-refractivity contribution < 1.29 is 4.39 Å². The fourth-order valence-corrected chi connectivity index (χ4v) is 2.56. The molecule has 21 heavy (non-hydrogen) atoms. The fraction of sp³-hybridized carbons (Fsp3) is 0.368. The molecular formula is C19H22FN. The first-order chi connectivity index (χ1) is 10.3. The minimum Gasteiger partial charge on any atom is -0.310 e. The molecule has 0 aliphatic heterocycles. The predicted octanol–water partition coefficient (Wildman–Crippen LogP) is 4.70. The van der Waals surface area contributed by atoms with Gasteiger partial charge in [0, 0.05) is 18.2 Å². The Morgan fingerprint density at radius 2 is 1.76 bits per heavy atom. The largest absolute Gasteiger partial charge is 0.310 e. The van der Waals surface area contributed by atoms with Crippen LogP contribution in [0.5, 0.6) is 0 Å². The normalized spacial score (nSPS) is 14.4. The average molecular weight is 283 g/mol. The Hall–Kier alpha value is -1.67. The summed E-state index contributed by atoms with van der Waals surface area (Å²) in [6.45, 7) is 2.81. The van der Waals surface area contributed by atoms with Gasteiger partial charge in [0.2, 0.25) is 0 Å². The van der Waals surface area contributed by atoms with Gasteiger partial charge in [-0.05, 0) is 42.0 Å². The topological polar surface area (TPSA) is 12.0 Å². The predicted molar refractivity (Wildman–Crippen MR) is 85.7 cm³/mol. The molecule has 1 saturated carbocycles. The molecule has 0 radical (unpaired) electrons.